The third kappa shape index (κ3) is 4.53. The highest BCUT2D eigenvalue weighted by Gasteiger charge is 2.26. The van der Waals surface area contributed by atoms with E-state index in [4.69, 9.17) is 16.3 Å². The fourth-order valence-corrected chi connectivity index (χ4v) is 4.27. The standard InChI is InChI=1S/C19H23ClN2O2S/c1-13-18(19(23)22(2)15-6-4-3-5-7-15)25-17(21-13)12-24-16-10-8-14(20)9-11-16/h8-11,15H,3-7,12H2,1-2H3. The lowest BCUT2D eigenvalue weighted by molar-refractivity contribution is 0.0700. The van der Waals surface area contributed by atoms with E-state index in [2.05, 4.69) is 4.98 Å². The first kappa shape index (κ1) is 18.2. The van der Waals surface area contributed by atoms with E-state index in [1.165, 1.54) is 30.6 Å². The lowest BCUT2D eigenvalue weighted by Gasteiger charge is -2.31. The van der Waals surface area contributed by atoms with Crippen LogP contribution in [0.1, 0.15) is 52.5 Å². The molecule has 1 amide bonds. The van der Waals surface area contributed by atoms with E-state index in [-0.39, 0.29) is 5.91 Å². The van der Waals surface area contributed by atoms with Gasteiger partial charge in [-0.05, 0) is 44.0 Å². The highest BCUT2D eigenvalue weighted by atomic mass is 35.5. The van der Waals surface area contributed by atoms with Gasteiger partial charge in [0, 0.05) is 18.1 Å². The Bertz CT molecular complexity index is 724. The second-order valence-electron chi connectivity index (χ2n) is 6.47. The maximum absolute atomic E-state index is 12.8. The van der Waals surface area contributed by atoms with Crippen molar-refractivity contribution in [3.05, 3.63) is 44.9 Å². The van der Waals surface area contributed by atoms with Gasteiger partial charge < -0.3 is 9.64 Å². The zero-order chi connectivity index (χ0) is 17.8. The van der Waals surface area contributed by atoms with Gasteiger partial charge in [0.15, 0.2) is 0 Å². The second kappa shape index (κ2) is 8.19. The number of aryl methyl sites for hydroxylation is 1. The van der Waals surface area contributed by atoms with Crippen LogP contribution < -0.4 is 4.74 Å². The maximum atomic E-state index is 12.8. The molecule has 1 fully saturated rings. The fraction of sp³-hybridized carbons (Fsp3) is 0.474. The summed E-state index contributed by atoms with van der Waals surface area (Å²) in [5.74, 6) is 0.823. The summed E-state index contributed by atoms with van der Waals surface area (Å²) >= 11 is 7.30. The van der Waals surface area contributed by atoms with Crippen molar-refractivity contribution in [1.82, 2.24) is 9.88 Å². The molecule has 4 nitrogen and oxygen atoms in total. The number of halogens is 1. The van der Waals surface area contributed by atoms with Gasteiger partial charge in [0.25, 0.3) is 5.91 Å². The van der Waals surface area contributed by atoms with Crippen LogP contribution in [0.5, 0.6) is 5.75 Å². The van der Waals surface area contributed by atoms with Gasteiger partial charge in [-0.15, -0.1) is 11.3 Å². The van der Waals surface area contributed by atoms with E-state index >= 15 is 0 Å². The Morgan fingerprint density at radius 3 is 2.64 bits per heavy atom. The molecule has 1 heterocycles. The van der Waals surface area contributed by atoms with Crippen LogP contribution in [0, 0.1) is 6.92 Å². The summed E-state index contributed by atoms with van der Waals surface area (Å²) in [6, 6.07) is 7.59. The molecule has 0 unspecified atom stereocenters. The quantitative estimate of drug-likeness (QED) is 0.727. The van der Waals surface area contributed by atoms with Crippen molar-refractivity contribution < 1.29 is 9.53 Å². The van der Waals surface area contributed by atoms with Gasteiger partial charge in [0.1, 0.15) is 22.2 Å². The van der Waals surface area contributed by atoms with Crippen LogP contribution in [0.25, 0.3) is 0 Å². The molecule has 0 bridgehead atoms. The maximum Gasteiger partial charge on any atom is 0.265 e. The molecule has 3 rings (SSSR count). The lowest BCUT2D eigenvalue weighted by Crippen LogP contribution is -2.38. The molecule has 0 atom stereocenters. The van der Waals surface area contributed by atoms with Gasteiger partial charge in [0.05, 0.1) is 5.69 Å². The molecule has 1 aromatic carbocycles. The molecule has 6 heteroatoms. The van der Waals surface area contributed by atoms with Gasteiger partial charge in [-0.3, -0.25) is 4.79 Å². The van der Waals surface area contributed by atoms with Gasteiger partial charge in [-0.1, -0.05) is 30.9 Å². The molecular weight excluding hydrogens is 356 g/mol. The molecule has 1 aliphatic rings. The lowest BCUT2D eigenvalue weighted by atomic mass is 9.94. The molecule has 1 aromatic heterocycles. The number of hydrogen-bond acceptors (Lipinski definition) is 4. The van der Waals surface area contributed by atoms with Crippen molar-refractivity contribution in [3.63, 3.8) is 0 Å². The largest absolute Gasteiger partial charge is 0.486 e. The molecule has 1 saturated carbocycles. The third-order valence-electron chi connectivity index (χ3n) is 4.65. The van der Waals surface area contributed by atoms with E-state index < -0.39 is 0 Å². The molecular formula is C19H23ClN2O2S. The number of thiazole rings is 1. The van der Waals surface area contributed by atoms with Crippen molar-refractivity contribution in [2.75, 3.05) is 7.05 Å². The van der Waals surface area contributed by atoms with E-state index in [1.807, 2.05) is 31.0 Å². The van der Waals surface area contributed by atoms with E-state index in [0.29, 0.717) is 17.7 Å². The molecule has 0 radical (unpaired) electrons. The Morgan fingerprint density at radius 1 is 1.28 bits per heavy atom. The van der Waals surface area contributed by atoms with Crippen LogP contribution in [0.15, 0.2) is 24.3 Å². The van der Waals surface area contributed by atoms with Crippen LogP contribution in [-0.4, -0.2) is 28.9 Å². The second-order valence-corrected chi connectivity index (χ2v) is 7.99. The highest BCUT2D eigenvalue weighted by molar-refractivity contribution is 7.13. The minimum absolute atomic E-state index is 0.0830. The predicted molar refractivity (Wildman–Crippen MR) is 102 cm³/mol. The predicted octanol–water partition coefficient (Wildman–Crippen LogP) is 5.09. The Kier molecular flexibility index (Phi) is 5.97. The summed E-state index contributed by atoms with van der Waals surface area (Å²) < 4.78 is 5.74. The first-order valence-corrected chi connectivity index (χ1v) is 9.86. The number of ether oxygens (including phenoxy) is 1. The van der Waals surface area contributed by atoms with Crippen molar-refractivity contribution >= 4 is 28.8 Å². The number of benzene rings is 1. The monoisotopic (exact) mass is 378 g/mol. The Labute approximate surface area is 157 Å². The zero-order valence-electron chi connectivity index (χ0n) is 14.6. The molecule has 0 aliphatic heterocycles. The first-order chi connectivity index (χ1) is 12.0. The van der Waals surface area contributed by atoms with Gasteiger partial charge >= 0.3 is 0 Å². The molecule has 0 N–H and O–H groups in total. The summed E-state index contributed by atoms with van der Waals surface area (Å²) in [6.07, 6.45) is 5.91. The molecule has 134 valence electrons. The van der Waals surface area contributed by atoms with Crippen molar-refractivity contribution in [2.45, 2.75) is 51.7 Å². The molecule has 1 aliphatic carbocycles. The fourth-order valence-electron chi connectivity index (χ4n) is 3.18. The molecule has 25 heavy (non-hydrogen) atoms. The van der Waals surface area contributed by atoms with Crippen molar-refractivity contribution in [2.24, 2.45) is 0 Å². The minimum Gasteiger partial charge on any atom is -0.486 e. The summed E-state index contributed by atoms with van der Waals surface area (Å²) in [5, 5.41) is 1.49. The number of carbonyl (C=O) groups is 1. The van der Waals surface area contributed by atoms with Crippen LogP contribution in [0.3, 0.4) is 0 Å². The number of nitrogens with zero attached hydrogens (tertiary/aromatic N) is 2. The number of rotatable bonds is 5. The summed E-state index contributed by atoms with van der Waals surface area (Å²) in [6.45, 7) is 2.25. The Morgan fingerprint density at radius 2 is 1.96 bits per heavy atom. The Balaban J connectivity index is 1.64. The summed E-state index contributed by atoms with van der Waals surface area (Å²) in [5.41, 5.74) is 0.785. The SMILES string of the molecule is Cc1nc(COc2ccc(Cl)cc2)sc1C(=O)N(C)C1CCCCC1. The van der Waals surface area contributed by atoms with Gasteiger partial charge in [-0.2, -0.15) is 0 Å². The average molecular weight is 379 g/mol. The summed E-state index contributed by atoms with van der Waals surface area (Å²) in [7, 11) is 1.92. The van der Waals surface area contributed by atoms with Crippen molar-refractivity contribution in [3.8, 4) is 5.75 Å². The van der Waals surface area contributed by atoms with E-state index in [9.17, 15) is 4.79 Å². The normalized spacial score (nSPS) is 15.2. The molecule has 0 spiro atoms. The summed E-state index contributed by atoms with van der Waals surface area (Å²) in [4.78, 5) is 20.0. The van der Waals surface area contributed by atoms with E-state index in [1.54, 1.807) is 12.1 Å². The van der Waals surface area contributed by atoms with Crippen LogP contribution in [0.2, 0.25) is 5.02 Å². The third-order valence-corrected chi connectivity index (χ3v) is 6.02. The topological polar surface area (TPSA) is 42.4 Å². The molecule has 0 saturated heterocycles. The van der Waals surface area contributed by atoms with Crippen LogP contribution >= 0.6 is 22.9 Å². The Hall–Kier alpha value is -1.59. The number of hydrogen-bond donors (Lipinski definition) is 0. The van der Waals surface area contributed by atoms with Crippen LogP contribution in [0.4, 0.5) is 0 Å². The number of aromatic nitrogens is 1. The number of carbonyl (C=O) groups excluding carboxylic acids is 1. The zero-order valence-corrected chi connectivity index (χ0v) is 16.2. The highest BCUT2D eigenvalue weighted by Crippen LogP contribution is 2.26. The average Bonchev–Trinajstić information content (AvgIpc) is 3.01. The minimum atomic E-state index is 0.0830. The van der Waals surface area contributed by atoms with Gasteiger partial charge in [0.2, 0.25) is 0 Å². The van der Waals surface area contributed by atoms with E-state index in [0.717, 1.165) is 34.2 Å². The first-order valence-electron chi connectivity index (χ1n) is 8.66. The molecule has 2 aromatic rings. The smallest absolute Gasteiger partial charge is 0.265 e. The number of amides is 1. The van der Waals surface area contributed by atoms with Crippen molar-refractivity contribution in [1.29, 1.82) is 0 Å². The van der Waals surface area contributed by atoms with Gasteiger partial charge in [-0.25, -0.2) is 4.98 Å². The van der Waals surface area contributed by atoms with Crippen LogP contribution in [-0.2, 0) is 6.61 Å².